The molecule has 1 fully saturated rings. The van der Waals surface area contributed by atoms with Crippen LogP contribution in [0.15, 0.2) is 29.2 Å². The van der Waals surface area contributed by atoms with Gasteiger partial charge in [0.2, 0.25) is 0 Å². The molecule has 1 saturated heterocycles. The minimum absolute atomic E-state index is 0.467. The van der Waals surface area contributed by atoms with Gasteiger partial charge in [-0.3, -0.25) is 4.79 Å². The lowest BCUT2D eigenvalue weighted by Crippen LogP contribution is -2.30. The molecule has 1 N–H and O–H groups in total. The Labute approximate surface area is 207 Å². The maximum absolute atomic E-state index is 12.5. The molecule has 2 atom stereocenters. The topological polar surface area (TPSA) is 53.4 Å². The number of hydrogen-bond donors (Lipinski definition) is 1. The third-order valence-electron chi connectivity index (χ3n) is 7.84. The third-order valence-corrected chi connectivity index (χ3v) is 9.18. The molecule has 0 bridgehead atoms. The number of aliphatic carboxylic acids is 1. The third kappa shape index (κ3) is 4.17. The summed E-state index contributed by atoms with van der Waals surface area (Å²) in [5, 5.41) is 10.7. The van der Waals surface area contributed by atoms with E-state index in [9.17, 15) is 9.90 Å². The number of aromatic nitrogens is 1. The predicted molar refractivity (Wildman–Crippen MR) is 142 cm³/mol. The zero-order valence-electron chi connectivity index (χ0n) is 20.7. The van der Waals surface area contributed by atoms with E-state index >= 15 is 0 Å². The molecular weight excluding hydrogens is 440 g/mol. The second kappa shape index (κ2) is 9.77. The molecular formula is C29H36N2O2S. The molecule has 4 nitrogen and oxygen atoms in total. The number of anilines is 1. The first-order chi connectivity index (χ1) is 16.5. The van der Waals surface area contributed by atoms with Gasteiger partial charge in [0.05, 0.1) is 17.3 Å². The van der Waals surface area contributed by atoms with Crippen molar-refractivity contribution in [1.29, 1.82) is 0 Å². The van der Waals surface area contributed by atoms with E-state index in [1.807, 2.05) is 11.8 Å². The molecule has 2 unspecified atom stereocenters. The standard InChI is InChI=1S/C29H36N2O2S/c1-4-10-20(29(32)33)22-17-25-27(21-11-6-7-12-24(21)34-25)30-28(22)26-19(3)18(2)13-14-23(26)31-15-8-5-9-16-31/h11,13-14,17,20,24H,4-10,12,15-16H2,1-3H3,(H,32,33). The minimum Gasteiger partial charge on any atom is -0.481 e. The van der Waals surface area contributed by atoms with Gasteiger partial charge in [-0.2, -0.15) is 0 Å². The van der Waals surface area contributed by atoms with Crippen molar-refractivity contribution in [3.8, 4) is 11.3 Å². The maximum Gasteiger partial charge on any atom is 0.311 e. The normalized spacial score (nSPS) is 20.5. The van der Waals surface area contributed by atoms with Crippen LogP contribution in [0.4, 0.5) is 5.69 Å². The molecule has 180 valence electrons. The fourth-order valence-corrected chi connectivity index (χ4v) is 7.24. The maximum atomic E-state index is 12.5. The molecule has 0 saturated carbocycles. The molecule has 0 radical (unpaired) electrons. The Bertz CT molecular complexity index is 1130. The highest BCUT2D eigenvalue weighted by Crippen LogP contribution is 2.51. The summed E-state index contributed by atoms with van der Waals surface area (Å²) in [7, 11) is 0. The van der Waals surface area contributed by atoms with Crippen LogP contribution in [0.1, 0.15) is 86.6 Å². The predicted octanol–water partition coefficient (Wildman–Crippen LogP) is 7.37. The molecule has 1 aliphatic carbocycles. The van der Waals surface area contributed by atoms with Crippen LogP contribution in [0.5, 0.6) is 0 Å². The Morgan fingerprint density at radius 2 is 1.97 bits per heavy atom. The van der Waals surface area contributed by atoms with Crippen molar-refractivity contribution in [2.45, 2.75) is 88.2 Å². The van der Waals surface area contributed by atoms with Crippen LogP contribution in [-0.4, -0.2) is 34.4 Å². The average Bonchev–Trinajstić information content (AvgIpc) is 3.21. The number of aryl methyl sites for hydroxylation is 1. The summed E-state index contributed by atoms with van der Waals surface area (Å²) in [6, 6.07) is 6.65. The molecule has 5 heteroatoms. The Balaban J connectivity index is 1.76. The van der Waals surface area contributed by atoms with Crippen LogP contribution in [-0.2, 0) is 4.79 Å². The number of rotatable bonds is 6. The van der Waals surface area contributed by atoms with Crippen molar-refractivity contribution in [3.63, 3.8) is 0 Å². The number of carboxylic acid groups (broad SMARTS) is 1. The number of nitrogens with zero attached hydrogens (tertiary/aromatic N) is 2. The lowest BCUT2D eigenvalue weighted by Gasteiger charge is -2.32. The van der Waals surface area contributed by atoms with E-state index < -0.39 is 11.9 Å². The number of allylic oxidation sites excluding steroid dienone is 1. The van der Waals surface area contributed by atoms with Gasteiger partial charge in [-0.15, -0.1) is 11.8 Å². The highest BCUT2D eigenvalue weighted by atomic mass is 32.2. The Morgan fingerprint density at radius 3 is 2.71 bits per heavy atom. The summed E-state index contributed by atoms with van der Waals surface area (Å²) < 4.78 is 0. The van der Waals surface area contributed by atoms with E-state index in [2.05, 4.69) is 49.9 Å². The summed E-state index contributed by atoms with van der Waals surface area (Å²) in [5.74, 6) is -1.28. The number of thioether (sulfide) groups is 1. The molecule has 1 aromatic heterocycles. The minimum atomic E-state index is -0.741. The van der Waals surface area contributed by atoms with Crippen LogP contribution in [0.2, 0.25) is 0 Å². The van der Waals surface area contributed by atoms with Crippen molar-refractivity contribution >= 4 is 29.0 Å². The number of benzene rings is 1. The number of pyridine rings is 1. The summed E-state index contributed by atoms with van der Waals surface area (Å²) in [6.07, 6.45) is 11.0. The van der Waals surface area contributed by atoms with Gasteiger partial charge < -0.3 is 10.0 Å². The molecule has 3 heterocycles. The van der Waals surface area contributed by atoms with Crippen molar-refractivity contribution in [2.75, 3.05) is 18.0 Å². The zero-order valence-corrected chi connectivity index (χ0v) is 21.5. The van der Waals surface area contributed by atoms with Crippen LogP contribution >= 0.6 is 11.8 Å². The summed E-state index contributed by atoms with van der Waals surface area (Å²) >= 11 is 1.89. The van der Waals surface area contributed by atoms with E-state index in [0.717, 1.165) is 48.4 Å². The van der Waals surface area contributed by atoms with E-state index in [4.69, 9.17) is 4.98 Å². The van der Waals surface area contributed by atoms with Gasteiger partial charge in [-0.25, -0.2) is 4.98 Å². The van der Waals surface area contributed by atoms with Gasteiger partial charge in [-0.1, -0.05) is 25.5 Å². The number of hydrogen-bond acceptors (Lipinski definition) is 4. The second-order valence-electron chi connectivity index (χ2n) is 10.1. The first kappa shape index (κ1) is 23.5. The van der Waals surface area contributed by atoms with E-state index in [0.29, 0.717) is 11.7 Å². The molecule has 0 amide bonds. The molecule has 2 aliphatic heterocycles. The van der Waals surface area contributed by atoms with E-state index in [1.54, 1.807) is 0 Å². The van der Waals surface area contributed by atoms with E-state index in [-0.39, 0.29) is 0 Å². The fraction of sp³-hybridized carbons (Fsp3) is 0.517. The lowest BCUT2D eigenvalue weighted by molar-refractivity contribution is -0.139. The van der Waals surface area contributed by atoms with E-state index in [1.165, 1.54) is 59.4 Å². The summed E-state index contributed by atoms with van der Waals surface area (Å²) in [4.78, 5) is 21.5. The van der Waals surface area contributed by atoms with Gasteiger partial charge >= 0.3 is 5.97 Å². The lowest BCUT2D eigenvalue weighted by atomic mass is 9.86. The molecule has 3 aliphatic rings. The van der Waals surface area contributed by atoms with Crippen LogP contribution in [0.3, 0.4) is 0 Å². The van der Waals surface area contributed by atoms with Crippen molar-refractivity contribution in [3.05, 3.63) is 46.7 Å². The van der Waals surface area contributed by atoms with Crippen LogP contribution in [0, 0.1) is 13.8 Å². The molecule has 0 spiro atoms. The summed E-state index contributed by atoms with van der Waals surface area (Å²) in [5.41, 5.74) is 9.07. The quantitative estimate of drug-likeness (QED) is 0.472. The second-order valence-corrected chi connectivity index (χ2v) is 11.3. The highest BCUT2D eigenvalue weighted by Gasteiger charge is 2.35. The van der Waals surface area contributed by atoms with Crippen molar-refractivity contribution in [2.24, 2.45) is 0 Å². The summed E-state index contributed by atoms with van der Waals surface area (Å²) in [6.45, 7) is 8.51. The van der Waals surface area contributed by atoms with Gasteiger partial charge in [-0.05, 0) is 93.2 Å². The van der Waals surface area contributed by atoms with Crippen LogP contribution < -0.4 is 4.90 Å². The fourth-order valence-electron chi connectivity index (χ4n) is 5.84. The first-order valence-electron chi connectivity index (χ1n) is 13.0. The SMILES string of the molecule is CCCC(C(=O)O)c1cc2c(nc1-c1c(N3CCCCC3)ccc(C)c1C)C1=CCCCC1S2. The number of carboxylic acids is 1. The molecule has 2 aromatic rings. The van der Waals surface area contributed by atoms with Gasteiger partial charge in [0.1, 0.15) is 0 Å². The van der Waals surface area contributed by atoms with Crippen molar-refractivity contribution in [1.82, 2.24) is 4.98 Å². The Hall–Kier alpha value is -2.27. The average molecular weight is 477 g/mol. The first-order valence-corrected chi connectivity index (χ1v) is 13.9. The number of fused-ring (bicyclic) bond motifs is 3. The van der Waals surface area contributed by atoms with Crippen LogP contribution in [0.25, 0.3) is 16.8 Å². The monoisotopic (exact) mass is 476 g/mol. The van der Waals surface area contributed by atoms with Gasteiger partial charge in [0.15, 0.2) is 0 Å². The molecule has 1 aromatic carbocycles. The number of carbonyl (C=O) groups is 1. The largest absolute Gasteiger partial charge is 0.481 e. The van der Waals surface area contributed by atoms with Gasteiger partial charge in [0, 0.05) is 34.5 Å². The Kier molecular flexibility index (Phi) is 6.74. The zero-order chi connectivity index (χ0) is 23.8. The smallest absolute Gasteiger partial charge is 0.311 e. The highest BCUT2D eigenvalue weighted by molar-refractivity contribution is 8.00. The van der Waals surface area contributed by atoms with Crippen molar-refractivity contribution < 1.29 is 9.90 Å². The molecule has 34 heavy (non-hydrogen) atoms. The van der Waals surface area contributed by atoms with Gasteiger partial charge in [0.25, 0.3) is 0 Å². The molecule has 5 rings (SSSR count). The number of piperidine rings is 1. The Morgan fingerprint density at radius 1 is 1.18 bits per heavy atom.